The van der Waals surface area contributed by atoms with E-state index in [1.165, 1.54) is 18.1 Å². The van der Waals surface area contributed by atoms with Crippen molar-refractivity contribution in [3.05, 3.63) is 59.7 Å². The molecule has 2 aromatic rings. The van der Waals surface area contributed by atoms with Crippen molar-refractivity contribution in [1.29, 1.82) is 0 Å². The number of carbonyl (C=O) groups excluding carboxylic acids is 2. The summed E-state index contributed by atoms with van der Waals surface area (Å²) in [7, 11) is 0. The lowest BCUT2D eigenvalue weighted by Crippen LogP contribution is -2.46. The molecule has 0 saturated heterocycles. The zero-order valence-electron chi connectivity index (χ0n) is 18.0. The number of rotatable bonds is 6. The number of hydrogen-bond donors (Lipinski definition) is 3. The van der Waals surface area contributed by atoms with E-state index in [2.05, 4.69) is 34.9 Å². The third-order valence-corrected chi connectivity index (χ3v) is 6.44. The maximum atomic E-state index is 12.5. The average Bonchev–Trinajstić information content (AvgIpc) is 3.11. The third kappa shape index (κ3) is 4.61. The SMILES string of the molecule is C[C@@H](NC(=O)[C@H]1CCC[C@@H](NC(=O)OCC2c3ccccc3-c3ccccc32)C1)C(=O)O. The van der Waals surface area contributed by atoms with Gasteiger partial charge in [-0.3, -0.25) is 9.59 Å². The van der Waals surface area contributed by atoms with Gasteiger partial charge in [0.1, 0.15) is 12.6 Å². The molecule has 4 rings (SSSR count). The third-order valence-electron chi connectivity index (χ3n) is 6.44. The van der Waals surface area contributed by atoms with Crippen molar-refractivity contribution >= 4 is 18.0 Å². The summed E-state index contributed by atoms with van der Waals surface area (Å²) in [6, 6.07) is 15.2. The van der Waals surface area contributed by atoms with Gasteiger partial charge in [-0.25, -0.2) is 4.79 Å². The number of carboxylic acids is 1. The molecule has 168 valence electrons. The van der Waals surface area contributed by atoms with Gasteiger partial charge in [-0.1, -0.05) is 55.0 Å². The van der Waals surface area contributed by atoms with E-state index in [1.54, 1.807) is 0 Å². The standard InChI is InChI=1S/C25H28N2O5/c1-15(24(29)30)26-23(28)16-7-6-8-17(13-16)27-25(31)32-14-22-20-11-4-2-9-18(20)19-10-3-5-12-21(19)22/h2-5,9-12,15-17,22H,6-8,13-14H2,1H3,(H,26,28)(H,27,31)(H,29,30)/t15-,16+,17-/m1/s1. The van der Waals surface area contributed by atoms with Crippen molar-refractivity contribution in [2.45, 2.75) is 50.6 Å². The second kappa shape index (κ2) is 9.42. The first-order valence-corrected chi connectivity index (χ1v) is 11.1. The molecule has 1 fully saturated rings. The van der Waals surface area contributed by atoms with E-state index in [4.69, 9.17) is 9.84 Å². The Hall–Kier alpha value is -3.35. The minimum Gasteiger partial charge on any atom is -0.480 e. The molecule has 0 radical (unpaired) electrons. The van der Waals surface area contributed by atoms with Gasteiger partial charge < -0.3 is 20.5 Å². The normalized spacial score (nSPS) is 20.5. The molecule has 7 nitrogen and oxygen atoms in total. The summed E-state index contributed by atoms with van der Waals surface area (Å²) >= 11 is 0. The van der Waals surface area contributed by atoms with Crippen molar-refractivity contribution in [2.24, 2.45) is 5.92 Å². The van der Waals surface area contributed by atoms with Crippen LogP contribution in [0, 0.1) is 5.92 Å². The second-order valence-corrected chi connectivity index (χ2v) is 8.60. The summed E-state index contributed by atoms with van der Waals surface area (Å²) in [6.07, 6.45) is 2.22. The van der Waals surface area contributed by atoms with Crippen molar-refractivity contribution in [2.75, 3.05) is 6.61 Å². The maximum Gasteiger partial charge on any atom is 0.407 e. The molecular weight excluding hydrogens is 408 g/mol. The van der Waals surface area contributed by atoms with Crippen LogP contribution in [0.3, 0.4) is 0 Å². The van der Waals surface area contributed by atoms with E-state index < -0.39 is 18.1 Å². The number of benzene rings is 2. The fourth-order valence-corrected chi connectivity index (χ4v) is 4.76. The molecule has 3 atom stereocenters. The van der Waals surface area contributed by atoms with Gasteiger partial charge in [-0.05, 0) is 48.4 Å². The van der Waals surface area contributed by atoms with Gasteiger partial charge in [0.05, 0.1) is 0 Å². The first kappa shape index (κ1) is 21.9. The van der Waals surface area contributed by atoms with E-state index >= 15 is 0 Å². The molecule has 2 amide bonds. The number of ether oxygens (including phenoxy) is 1. The Morgan fingerprint density at radius 1 is 1.03 bits per heavy atom. The van der Waals surface area contributed by atoms with Crippen LogP contribution in [0.2, 0.25) is 0 Å². The summed E-state index contributed by atoms with van der Waals surface area (Å²) < 4.78 is 5.61. The Bertz CT molecular complexity index is 975. The average molecular weight is 437 g/mol. The Morgan fingerprint density at radius 3 is 2.28 bits per heavy atom. The zero-order chi connectivity index (χ0) is 22.7. The lowest BCUT2D eigenvalue weighted by Gasteiger charge is -2.29. The molecule has 1 saturated carbocycles. The summed E-state index contributed by atoms with van der Waals surface area (Å²) in [5.74, 6) is -1.67. The summed E-state index contributed by atoms with van der Waals surface area (Å²) in [5.41, 5.74) is 4.66. The molecule has 0 aliphatic heterocycles. The van der Waals surface area contributed by atoms with E-state index in [-0.39, 0.29) is 30.4 Å². The van der Waals surface area contributed by atoms with Crippen LogP contribution in [0.4, 0.5) is 4.79 Å². The van der Waals surface area contributed by atoms with Gasteiger partial charge in [0.25, 0.3) is 0 Å². The molecule has 2 aromatic carbocycles. The minimum atomic E-state index is -1.07. The highest BCUT2D eigenvalue weighted by Gasteiger charge is 2.31. The van der Waals surface area contributed by atoms with Crippen LogP contribution in [0.15, 0.2) is 48.5 Å². The molecule has 0 bridgehead atoms. The van der Waals surface area contributed by atoms with E-state index in [0.29, 0.717) is 12.8 Å². The molecule has 32 heavy (non-hydrogen) atoms. The minimum absolute atomic E-state index is 0.00413. The highest BCUT2D eigenvalue weighted by atomic mass is 16.5. The molecular formula is C25H28N2O5. The van der Waals surface area contributed by atoms with Crippen LogP contribution in [-0.4, -0.2) is 41.8 Å². The fraction of sp³-hybridized carbons (Fsp3) is 0.400. The maximum absolute atomic E-state index is 12.5. The number of alkyl carbamates (subject to hydrolysis) is 1. The molecule has 0 unspecified atom stereocenters. The molecule has 7 heteroatoms. The monoisotopic (exact) mass is 436 g/mol. The lowest BCUT2D eigenvalue weighted by atomic mass is 9.85. The van der Waals surface area contributed by atoms with Crippen molar-refractivity contribution < 1.29 is 24.2 Å². The van der Waals surface area contributed by atoms with Gasteiger partial charge in [0.2, 0.25) is 5.91 Å². The molecule has 0 heterocycles. The number of hydrogen-bond acceptors (Lipinski definition) is 4. The first-order chi connectivity index (χ1) is 15.4. The Balaban J connectivity index is 1.33. The molecule has 0 aromatic heterocycles. The van der Waals surface area contributed by atoms with Crippen LogP contribution in [0.25, 0.3) is 11.1 Å². The van der Waals surface area contributed by atoms with Gasteiger partial charge in [-0.15, -0.1) is 0 Å². The number of carbonyl (C=O) groups is 3. The molecule has 0 spiro atoms. The molecule has 3 N–H and O–H groups in total. The Morgan fingerprint density at radius 2 is 1.66 bits per heavy atom. The Labute approximate surface area is 187 Å². The van der Waals surface area contributed by atoms with E-state index in [1.807, 2.05) is 24.3 Å². The fourth-order valence-electron chi connectivity index (χ4n) is 4.76. The summed E-state index contributed by atoms with van der Waals surface area (Å²) in [6.45, 7) is 1.68. The predicted molar refractivity (Wildman–Crippen MR) is 119 cm³/mol. The van der Waals surface area contributed by atoms with Gasteiger partial charge in [0, 0.05) is 17.9 Å². The smallest absolute Gasteiger partial charge is 0.407 e. The highest BCUT2D eigenvalue weighted by Crippen LogP contribution is 2.44. The second-order valence-electron chi connectivity index (χ2n) is 8.60. The number of carboxylic acid groups (broad SMARTS) is 1. The molecule has 2 aliphatic rings. The first-order valence-electron chi connectivity index (χ1n) is 11.1. The zero-order valence-corrected chi connectivity index (χ0v) is 18.0. The predicted octanol–water partition coefficient (Wildman–Crippen LogP) is 3.67. The van der Waals surface area contributed by atoms with Crippen LogP contribution >= 0.6 is 0 Å². The van der Waals surface area contributed by atoms with Crippen molar-refractivity contribution in [3.63, 3.8) is 0 Å². The molecule has 2 aliphatic carbocycles. The van der Waals surface area contributed by atoms with E-state index in [9.17, 15) is 14.4 Å². The van der Waals surface area contributed by atoms with Crippen molar-refractivity contribution in [3.8, 4) is 11.1 Å². The van der Waals surface area contributed by atoms with Gasteiger partial charge >= 0.3 is 12.1 Å². The quantitative estimate of drug-likeness (QED) is 0.641. The number of fused-ring (bicyclic) bond motifs is 3. The van der Waals surface area contributed by atoms with Crippen LogP contribution in [0.1, 0.15) is 49.7 Å². The van der Waals surface area contributed by atoms with Crippen LogP contribution < -0.4 is 10.6 Å². The van der Waals surface area contributed by atoms with Crippen LogP contribution in [0.5, 0.6) is 0 Å². The van der Waals surface area contributed by atoms with Gasteiger partial charge in [-0.2, -0.15) is 0 Å². The van der Waals surface area contributed by atoms with E-state index in [0.717, 1.165) is 24.0 Å². The number of aliphatic carboxylic acids is 1. The summed E-state index contributed by atoms with van der Waals surface area (Å²) in [5, 5.41) is 14.4. The number of nitrogens with one attached hydrogen (secondary N) is 2. The Kier molecular flexibility index (Phi) is 6.44. The van der Waals surface area contributed by atoms with Crippen LogP contribution in [-0.2, 0) is 14.3 Å². The van der Waals surface area contributed by atoms with Gasteiger partial charge in [0.15, 0.2) is 0 Å². The lowest BCUT2D eigenvalue weighted by molar-refractivity contribution is -0.142. The summed E-state index contributed by atoms with van der Waals surface area (Å²) in [4.78, 5) is 35.9. The topological polar surface area (TPSA) is 105 Å². The number of amides is 2. The highest BCUT2D eigenvalue weighted by molar-refractivity contribution is 5.85. The largest absolute Gasteiger partial charge is 0.480 e. The van der Waals surface area contributed by atoms with Crippen molar-refractivity contribution in [1.82, 2.24) is 10.6 Å².